The summed E-state index contributed by atoms with van der Waals surface area (Å²) in [6.45, 7) is 35.8. The average Bonchev–Trinajstić information content (AvgIpc) is 2.58. The zero-order valence-electron chi connectivity index (χ0n) is 28.9. The van der Waals surface area contributed by atoms with Crippen molar-refractivity contribution in [2.75, 3.05) is 0 Å². The summed E-state index contributed by atoms with van der Waals surface area (Å²) in [7, 11) is -18.1. The molecule has 0 N–H and O–H groups in total. The van der Waals surface area contributed by atoms with Gasteiger partial charge in [0.2, 0.25) is 8.32 Å². The Labute approximate surface area is 256 Å². The van der Waals surface area contributed by atoms with Crippen LogP contribution in [-0.2, 0) is 44.7 Å². The molecule has 1 heterocycles. The van der Waals surface area contributed by atoms with Gasteiger partial charge >= 0.3 is 13.8 Å². The lowest BCUT2D eigenvalue weighted by atomic mass is 9.99. The lowest BCUT2D eigenvalue weighted by Gasteiger charge is -2.50. The molecule has 17 heteroatoms. The maximum Gasteiger partial charge on any atom is 0.457 e. The normalized spacial score (nSPS) is 25.8. The van der Waals surface area contributed by atoms with E-state index in [-0.39, 0.29) is 0 Å². The number of hydrogen-bond acceptors (Lipinski definition) is 10. The Morgan fingerprint density at radius 3 is 1.24 bits per heavy atom. The van der Waals surface area contributed by atoms with Crippen molar-refractivity contribution in [2.24, 2.45) is 0 Å². The summed E-state index contributed by atoms with van der Waals surface area (Å²) in [6, 6.07) is 0. The number of phosphoric acid groups is 1. The van der Waals surface area contributed by atoms with E-state index in [9.17, 15) is 9.36 Å². The molecule has 0 aliphatic carbocycles. The Balaban J connectivity index is 3.88. The minimum Gasteiger partial charge on any atom is -0.518 e. The first-order chi connectivity index (χ1) is 17.8. The van der Waals surface area contributed by atoms with Gasteiger partial charge in [0.05, 0.1) is 0 Å². The zero-order valence-corrected chi connectivity index (χ0v) is 35.8. The van der Waals surface area contributed by atoms with E-state index in [0.717, 1.165) is 0 Å². The Hall–Kier alpha value is 0.721. The van der Waals surface area contributed by atoms with Crippen LogP contribution in [0.25, 0.3) is 0 Å². The standard InChI is InChI=1S/C24H59O10PSi6/c1-36(2,3)29-19-20(30-37(4,5)6)22(31-38(7,8)9)24(27-21(19)23(25)32-39(10,11)12)28-35(26,33-40(13,14)15)34-41(16,17)18/h19-22,24H,1-18H3/t19-,20+,21+,22-,24?/m1/s1. The summed E-state index contributed by atoms with van der Waals surface area (Å²) in [5, 5.41) is 0. The molecule has 41 heavy (non-hydrogen) atoms. The Bertz CT molecular complexity index is 908. The van der Waals surface area contributed by atoms with E-state index in [1.807, 2.05) is 98.2 Å². The van der Waals surface area contributed by atoms with Gasteiger partial charge in [0.1, 0.15) is 18.3 Å². The van der Waals surface area contributed by atoms with E-state index >= 15 is 0 Å². The molecule has 1 saturated heterocycles. The molecule has 0 aromatic rings. The van der Waals surface area contributed by atoms with Crippen molar-refractivity contribution in [3.05, 3.63) is 0 Å². The highest BCUT2D eigenvalue weighted by molar-refractivity contribution is 7.52. The molecule has 1 aliphatic rings. The first-order valence-corrected chi connectivity index (χ1v) is 36.3. The monoisotopic (exact) mass is 706 g/mol. The van der Waals surface area contributed by atoms with Gasteiger partial charge in [-0.25, -0.2) is 4.57 Å². The van der Waals surface area contributed by atoms with Crippen molar-refractivity contribution in [3.8, 4) is 0 Å². The number of carbonyl (C=O) groups is 1. The SMILES string of the molecule is C[Si](C)(C)OC(=O)[C@H]1OC(OP(=O)(O[Si](C)(C)C)O[Si](C)(C)C)[C@H](O[Si](C)(C)C)[C@@H](O[Si](C)(C)C)[C@H]1O[Si](C)(C)C. The lowest BCUT2D eigenvalue weighted by molar-refractivity contribution is -0.263. The summed E-state index contributed by atoms with van der Waals surface area (Å²) in [5.41, 5.74) is 0. The van der Waals surface area contributed by atoms with Crippen LogP contribution in [-0.4, -0.2) is 86.6 Å². The van der Waals surface area contributed by atoms with Crippen molar-refractivity contribution in [3.63, 3.8) is 0 Å². The molecule has 0 amide bonds. The van der Waals surface area contributed by atoms with Gasteiger partial charge in [-0.1, -0.05) is 0 Å². The summed E-state index contributed by atoms with van der Waals surface area (Å²) in [4.78, 5) is 13.8. The molecule has 0 bridgehead atoms. The van der Waals surface area contributed by atoms with E-state index in [0.29, 0.717) is 0 Å². The third-order valence-electron chi connectivity index (χ3n) is 4.61. The molecule has 0 saturated carbocycles. The molecule has 1 aliphatic heterocycles. The maximum atomic E-state index is 14.3. The predicted octanol–water partition coefficient (Wildman–Crippen LogP) is 7.58. The van der Waals surface area contributed by atoms with Gasteiger partial charge < -0.3 is 30.9 Å². The van der Waals surface area contributed by atoms with Crippen LogP contribution in [0.3, 0.4) is 0 Å². The van der Waals surface area contributed by atoms with Gasteiger partial charge in [0.15, 0.2) is 54.0 Å². The van der Waals surface area contributed by atoms with Crippen LogP contribution in [0, 0.1) is 0 Å². The third-order valence-corrected chi connectivity index (χ3v) is 15.0. The second-order valence-corrected chi connectivity index (χ2v) is 45.3. The van der Waals surface area contributed by atoms with Crippen molar-refractivity contribution < 1.29 is 44.7 Å². The number of carbonyl (C=O) groups excluding carboxylic acids is 1. The minimum atomic E-state index is -4.16. The van der Waals surface area contributed by atoms with Crippen LogP contribution in [0.5, 0.6) is 0 Å². The number of ether oxygens (including phenoxy) is 1. The molecule has 0 aromatic carbocycles. The predicted molar refractivity (Wildman–Crippen MR) is 180 cm³/mol. The second kappa shape index (κ2) is 13.6. The van der Waals surface area contributed by atoms with Crippen LogP contribution in [0.4, 0.5) is 0 Å². The molecule has 0 spiro atoms. The zero-order chi connectivity index (χ0) is 32.6. The smallest absolute Gasteiger partial charge is 0.457 e. The molecule has 1 rings (SSSR count). The highest BCUT2D eigenvalue weighted by Crippen LogP contribution is 2.56. The van der Waals surface area contributed by atoms with Crippen LogP contribution in [0.2, 0.25) is 118 Å². The maximum absolute atomic E-state index is 14.3. The highest BCUT2D eigenvalue weighted by atomic mass is 31.2. The Morgan fingerprint density at radius 1 is 0.537 bits per heavy atom. The number of rotatable bonds is 14. The molecular formula is C24H59O10PSi6. The van der Waals surface area contributed by atoms with E-state index in [2.05, 4.69) is 19.6 Å². The average molecular weight is 707 g/mol. The number of hydrogen-bond donors (Lipinski definition) is 0. The molecule has 5 atom stereocenters. The lowest BCUT2D eigenvalue weighted by Crippen LogP contribution is -2.67. The molecule has 10 nitrogen and oxygen atoms in total. The van der Waals surface area contributed by atoms with E-state index in [1.54, 1.807) is 0 Å². The second-order valence-electron chi connectivity index (χ2n) is 16.5. The van der Waals surface area contributed by atoms with Gasteiger partial charge in [-0.2, -0.15) is 0 Å². The summed E-state index contributed by atoms with van der Waals surface area (Å²) < 4.78 is 65.3. The van der Waals surface area contributed by atoms with Crippen LogP contribution >= 0.6 is 7.82 Å². The van der Waals surface area contributed by atoms with Crippen LogP contribution in [0.1, 0.15) is 0 Å². The van der Waals surface area contributed by atoms with Crippen molar-refractivity contribution in [1.29, 1.82) is 0 Å². The van der Waals surface area contributed by atoms with Crippen molar-refractivity contribution in [1.82, 2.24) is 0 Å². The van der Waals surface area contributed by atoms with Crippen LogP contribution in [0.15, 0.2) is 0 Å². The molecule has 0 radical (unpaired) electrons. The first kappa shape index (κ1) is 39.7. The summed E-state index contributed by atoms with van der Waals surface area (Å²) in [6.07, 6.45) is -4.89. The van der Waals surface area contributed by atoms with E-state index in [1.165, 1.54) is 0 Å². The van der Waals surface area contributed by atoms with E-state index < -0.39 is 94.4 Å². The van der Waals surface area contributed by atoms with Gasteiger partial charge in [0.25, 0.3) is 0 Å². The van der Waals surface area contributed by atoms with Gasteiger partial charge in [0, 0.05) is 0 Å². The Morgan fingerprint density at radius 2 is 0.902 bits per heavy atom. The fourth-order valence-electron chi connectivity index (χ4n) is 3.92. The molecule has 244 valence electrons. The highest BCUT2D eigenvalue weighted by Gasteiger charge is 2.57. The van der Waals surface area contributed by atoms with Gasteiger partial charge in [-0.3, -0.25) is 9.32 Å². The quantitative estimate of drug-likeness (QED) is 0.133. The minimum absolute atomic E-state index is 0.552. The topological polar surface area (TPSA) is 108 Å². The largest absolute Gasteiger partial charge is 0.518 e. The fourth-order valence-corrected chi connectivity index (χ4v) is 14.5. The van der Waals surface area contributed by atoms with Gasteiger partial charge in [-0.05, 0) is 118 Å². The Kier molecular flexibility index (Phi) is 13.2. The van der Waals surface area contributed by atoms with Crippen molar-refractivity contribution >= 4 is 63.7 Å². The van der Waals surface area contributed by atoms with Gasteiger partial charge in [-0.15, -0.1) is 0 Å². The summed E-state index contributed by atoms with van der Waals surface area (Å²) >= 11 is 0. The molecule has 1 unspecified atom stereocenters. The van der Waals surface area contributed by atoms with E-state index in [4.69, 9.17) is 35.4 Å². The van der Waals surface area contributed by atoms with Crippen molar-refractivity contribution in [2.45, 2.75) is 149 Å². The molecule has 1 fully saturated rings. The summed E-state index contributed by atoms with van der Waals surface area (Å²) in [5.74, 6) is -0.552. The molecular weight excluding hydrogens is 648 g/mol. The third kappa shape index (κ3) is 16.0. The first-order valence-electron chi connectivity index (χ1n) is 14.4. The fraction of sp³-hybridized carbons (Fsp3) is 0.958. The molecule has 0 aromatic heterocycles. The van der Waals surface area contributed by atoms with Crippen LogP contribution < -0.4 is 0 Å².